The van der Waals surface area contributed by atoms with Crippen LogP contribution in [0.5, 0.6) is 0 Å². The molecule has 1 N–H and O–H groups in total. The molecule has 4 nitrogen and oxygen atoms in total. The molecule has 0 aromatic carbocycles. The number of hydrogen-bond acceptors (Lipinski definition) is 3. The summed E-state index contributed by atoms with van der Waals surface area (Å²) in [7, 11) is 0. The SMILES string of the molecule is CC1CC=NC(C=NC=NI)N1. The highest BCUT2D eigenvalue weighted by molar-refractivity contribution is 14.1. The van der Waals surface area contributed by atoms with Crippen molar-refractivity contribution >= 4 is 41.6 Å². The van der Waals surface area contributed by atoms with Gasteiger partial charge in [0.05, 0.1) is 22.9 Å². The normalized spacial score (nSPS) is 30.5. The summed E-state index contributed by atoms with van der Waals surface area (Å²) < 4.78 is 3.71. The molecule has 1 aliphatic rings. The molecule has 1 heterocycles. The molecule has 2 unspecified atom stereocenters. The molecule has 0 aromatic rings. The maximum atomic E-state index is 4.20. The maximum absolute atomic E-state index is 4.20. The lowest BCUT2D eigenvalue weighted by atomic mass is 10.2. The van der Waals surface area contributed by atoms with E-state index in [1.54, 1.807) is 6.21 Å². The zero-order chi connectivity index (χ0) is 8.81. The van der Waals surface area contributed by atoms with Crippen LogP contribution >= 0.6 is 22.9 Å². The van der Waals surface area contributed by atoms with Crippen molar-refractivity contribution in [2.24, 2.45) is 13.2 Å². The first-order chi connectivity index (χ1) is 5.83. The molecule has 0 fully saturated rings. The summed E-state index contributed by atoms with van der Waals surface area (Å²) >= 11 is 1.88. The van der Waals surface area contributed by atoms with E-state index in [-0.39, 0.29) is 6.17 Å². The van der Waals surface area contributed by atoms with Gasteiger partial charge in [-0.25, -0.2) is 8.20 Å². The molecule has 0 radical (unpaired) electrons. The van der Waals surface area contributed by atoms with Crippen LogP contribution in [0.2, 0.25) is 0 Å². The van der Waals surface area contributed by atoms with Gasteiger partial charge in [-0.15, -0.1) is 0 Å². The van der Waals surface area contributed by atoms with Crippen molar-refractivity contribution in [1.29, 1.82) is 0 Å². The summed E-state index contributed by atoms with van der Waals surface area (Å²) in [5.41, 5.74) is 0. The Morgan fingerprint density at radius 3 is 3.25 bits per heavy atom. The molecule has 5 heteroatoms. The van der Waals surface area contributed by atoms with Gasteiger partial charge in [-0.3, -0.25) is 10.3 Å². The number of hydrogen-bond donors (Lipinski definition) is 1. The van der Waals surface area contributed by atoms with Gasteiger partial charge in [0.2, 0.25) is 0 Å². The van der Waals surface area contributed by atoms with Crippen LogP contribution in [0.1, 0.15) is 13.3 Å². The topological polar surface area (TPSA) is 49.1 Å². The second kappa shape index (κ2) is 5.36. The molecular formula is C7H11IN4. The fourth-order valence-electron chi connectivity index (χ4n) is 0.962. The molecule has 0 aliphatic carbocycles. The van der Waals surface area contributed by atoms with E-state index in [1.807, 2.05) is 29.1 Å². The molecule has 0 aromatic heterocycles. The third-order valence-corrected chi connectivity index (χ3v) is 1.77. The first kappa shape index (κ1) is 9.79. The Morgan fingerprint density at radius 2 is 2.58 bits per heavy atom. The van der Waals surface area contributed by atoms with Crippen molar-refractivity contribution in [2.45, 2.75) is 25.6 Å². The predicted octanol–water partition coefficient (Wildman–Crippen LogP) is 1.21. The Labute approximate surface area is 85.8 Å². The maximum Gasteiger partial charge on any atom is 0.135 e. The lowest BCUT2D eigenvalue weighted by Crippen LogP contribution is -2.39. The monoisotopic (exact) mass is 278 g/mol. The lowest BCUT2D eigenvalue weighted by Gasteiger charge is -2.19. The molecule has 1 rings (SSSR count). The molecule has 1 aliphatic heterocycles. The molecule has 2 atom stereocenters. The van der Waals surface area contributed by atoms with Gasteiger partial charge in [0.1, 0.15) is 12.5 Å². The van der Waals surface area contributed by atoms with Crippen LogP contribution in [0, 0.1) is 0 Å². The Hall–Kier alpha value is -0.300. The van der Waals surface area contributed by atoms with Crippen molar-refractivity contribution < 1.29 is 0 Å². The van der Waals surface area contributed by atoms with Crippen molar-refractivity contribution in [3.8, 4) is 0 Å². The average Bonchev–Trinajstić information content (AvgIpc) is 2.05. The molecule has 0 spiro atoms. The van der Waals surface area contributed by atoms with E-state index in [0.717, 1.165) is 6.42 Å². The predicted molar refractivity (Wildman–Crippen MR) is 60.5 cm³/mol. The Kier molecular flexibility index (Phi) is 4.37. The van der Waals surface area contributed by atoms with E-state index in [4.69, 9.17) is 0 Å². The highest BCUT2D eigenvalue weighted by Gasteiger charge is 2.10. The van der Waals surface area contributed by atoms with Gasteiger partial charge < -0.3 is 0 Å². The van der Waals surface area contributed by atoms with E-state index >= 15 is 0 Å². The number of rotatable bonds is 2. The van der Waals surface area contributed by atoms with E-state index in [0.29, 0.717) is 6.04 Å². The first-order valence-electron chi connectivity index (χ1n) is 3.76. The van der Waals surface area contributed by atoms with Gasteiger partial charge in [-0.05, 0) is 13.3 Å². The smallest absolute Gasteiger partial charge is 0.135 e. The first-order valence-corrected chi connectivity index (χ1v) is 4.73. The Balaban J connectivity index is 2.42. The van der Waals surface area contributed by atoms with Crippen LogP contribution in [0.4, 0.5) is 0 Å². The fourth-order valence-corrected chi connectivity index (χ4v) is 1.11. The van der Waals surface area contributed by atoms with Crippen LogP contribution in [0.25, 0.3) is 0 Å². The van der Waals surface area contributed by atoms with Gasteiger partial charge >= 0.3 is 0 Å². The van der Waals surface area contributed by atoms with Gasteiger partial charge in [0.25, 0.3) is 0 Å². The zero-order valence-corrected chi connectivity index (χ0v) is 8.97. The summed E-state index contributed by atoms with van der Waals surface area (Å²) in [6.07, 6.45) is 6.18. The van der Waals surface area contributed by atoms with E-state index < -0.39 is 0 Å². The summed E-state index contributed by atoms with van der Waals surface area (Å²) in [6.45, 7) is 2.12. The third-order valence-electron chi connectivity index (χ3n) is 1.52. The third kappa shape index (κ3) is 3.40. The van der Waals surface area contributed by atoms with E-state index in [9.17, 15) is 0 Å². The Morgan fingerprint density at radius 1 is 1.75 bits per heavy atom. The Bertz CT molecular complexity index is 211. The minimum Gasteiger partial charge on any atom is -0.288 e. The second-order valence-electron chi connectivity index (χ2n) is 2.59. The fraction of sp³-hybridized carbons (Fsp3) is 0.571. The lowest BCUT2D eigenvalue weighted by molar-refractivity contribution is 0.520. The number of aliphatic imine (C=N–C) groups is 2. The molecule has 0 bridgehead atoms. The molecule has 0 amide bonds. The van der Waals surface area contributed by atoms with Crippen LogP contribution in [-0.4, -0.2) is 31.0 Å². The minimum atomic E-state index is 0.0168. The average molecular weight is 278 g/mol. The molecule has 0 saturated heterocycles. The molecular weight excluding hydrogens is 267 g/mol. The van der Waals surface area contributed by atoms with Crippen LogP contribution in [-0.2, 0) is 0 Å². The van der Waals surface area contributed by atoms with Gasteiger partial charge in [-0.1, -0.05) is 0 Å². The molecule has 66 valence electrons. The number of nitrogens with zero attached hydrogens (tertiary/aromatic N) is 3. The van der Waals surface area contributed by atoms with E-state index in [1.165, 1.54) is 6.34 Å². The summed E-state index contributed by atoms with van der Waals surface area (Å²) in [6, 6.07) is 0.482. The molecule has 12 heavy (non-hydrogen) atoms. The van der Waals surface area contributed by atoms with Crippen molar-refractivity contribution in [3.63, 3.8) is 0 Å². The summed E-state index contributed by atoms with van der Waals surface area (Å²) in [5, 5.41) is 3.26. The quantitative estimate of drug-likeness (QED) is 0.461. The summed E-state index contributed by atoms with van der Waals surface area (Å²) in [4.78, 5) is 8.15. The van der Waals surface area contributed by atoms with Crippen LogP contribution in [0.3, 0.4) is 0 Å². The minimum absolute atomic E-state index is 0.0168. The highest BCUT2D eigenvalue weighted by Crippen LogP contribution is 1.97. The number of nitrogens with one attached hydrogen (secondary N) is 1. The second-order valence-corrected chi connectivity index (χ2v) is 3.15. The van der Waals surface area contributed by atoms with Crippen LogP contribution < -0.4 is 5.32 Å². The van der Waals surface area contributed by atoms with Gasteiger partial charge in [0.15, 0.2) is 0 Å². The van der Waals surface area contributed by atoms with Crippen LogP contribution in [0.15, 0.2) is 13.2 Å². The van der Waals surface area contributed by atoms with E-state index in [2.05, 4.69) is 25.4 Å². The number of halogens is 1. The highest BCUT2D eigenvalue weighted by atomic mass is 127. The zero-order valence-electron chi connectivity index (χ0n) is 6.81. The standard InChI is InChI=1S/C7H11IN4/c1-6-2-3-10-7(12-6)4-9-5-11-8/h3-7,12H,2H2,1H3. The van der Waals surface area contributed by atoms with Crippen molar-refractivity contribution in [3.05, 3.63) is 0 Å². The summed E-state index contributed by atoms with van der Waals surface area (Å²) in [5.74, 6) is 0. The van der Waals surface area contributed by atoms with Crippen molar-refractivity contribution in [1.82, 2.24) is 5.32 Å². The largest absolute Gasteiger partial charge is 0.288 e. The van der Waals surface area contributed by atoms with Gasteiger partial charge in [0, 0.05) is 18.5 Å². The van der Waals surface area contributed by atoms with Crippen molar-refractivity contribution in [2.75, 3.05) is 0 Å². The molecule has 0 saturated carbocycles. The van der Waals surface area contributed by atoms with Gasteiger partial charge in [-0.2, -0.15) is 0 Å².